The molecule has 0 aliphatic carbocycles. The summed E-state index contributed by atoms with van der Waals surface area (Å²) < 4.78 is 14.4. The molecule has 13 nitrogen and oxygen atoms in total. The first kappa shape index (κ1) is 27.6. The molecule has 0 saturated heterocycles. The number of nitrogens with one attached hydrogen (secondary N) is 2. The second-order valence-electron chi connectivity index (χ2n) is 9.25. The van der Waals surface area contributed by atoms with Crippen molar-refractivity contribution in [2.75, 3.05) is 39.2 Å². The minimum absolute atomic E-state index is 0.0836. The van der Waals surface area contributed by atoms with Crippen LogP contribution in [0.4, 0.5) is 10.7 Å². The van der Waals surface area contributed by atoms with Crippen LogP contribution in [-0.4, -0.2) is 69.5 Å². The minimum Gasteiger partial charge on any atom is -0.463 e. The van der Waals surface area contributed by atoms with E-state index >= 15 is 0 Å². The van der Waals surface area contributed by atoms with Gasteiger partial charge in [-0.05, 0) is 19.4 Å². The molecule has 0 unspecified atom stereocenters. The van der Waals surface area contributed by atoms with Crippen molar-refractivity contribution in [1.29, 1.82) is 0 Å². The van der Waals surface area contributed by atoms with E-state index in [9.17, 15) is 19.2 Å². The number of rotatable bonds is 9. The number of hydrogen-bond donors (Lipinski definition) is 2. The second-order valence-corrected chi connectivity index (χ2v) is 9.25. The van der Waals surface area contributed by atoms with E-state index in [4.69, 9.17) is 9.47 Å². The topological polar surface area (TPSA) is 142 Å². The first-order valence-electron chi connectivity index (χ1n) is 12.5. The van der Waals surface area contributed by atoms with Crippen LogP contribution in [0.25, 0.3) is 11.2 Å². The number of benzene rings is 1. The monoisotopic (exact) mass is 539 g/mol. The van der Waals surface area contributed by atoms with E-state index in [-0.39, 0.29) is 35.8 Å². The van der Waals surface area contributed by atoms with Gasteiger partial charge in [0.1, 0.15) is 0 Å². The molecule has 3 heterocycles. The number of aromatic nitrogens is 4. The SMILES string of the molecule is CCOC(=O)C1=C(Cn2c(NCCOC)nc3c2c(=O)n(C)c(=O)n3C)N(C)C(=O)N[C@@H]1c1ccc(C)cc1. The number of imidazole rings is 1. The summed E-state index contributed by atoms with van der Waals surface area (Å²) in [4.78, 5) is 58.3. The summed E-state index contributed by atoms with van der Waals surface area (Å²) in [6, 6.07) is 6.27. The number of likely N-dealkylation sites (N-methyl/N-ethyl adjacent to an activating group) is 1. The molecule has 2 aromatic heterocycles. The predicted octanol–water partition coefficient (Wildman–Crippen LogP) is 1.01. The maximum absolute atomic E-state index is 13.4. The van der Waals surface area contributed by atoms with Crippen LogP contribution in [0.3, 0.4) is 0 Å². The summed E-state index contributed by atoms with van der Waals surface area (Å²) in [5.41, 5.74) is 1.51. The van der Waals surface area contributed by atoms with Crippen molar-refractivity contribution >= 4 is 29.1 Å². The first-order valence-corrected chi connectivity index (χ1v) is 12.5. The summed E-state index contributed by atoms with van der Waals surface area (Å²) in [7, 11) is 6.01. The molecule has 2 N–H and O–H groups in total. The highest BCUT2D eigenvalue weighted by atomic mass is 16.5. The van der Waals surface area contributed by atoms with E-state index in [1.54, 1.807) is 25.6 Å². The van der Waals surface area contributed by atoms with Crippen molar-refractivity contribution in [3.63, 3.8) is 0 Å². The van der Waals surface area contributed by atoms with Crippen molar-refractivity contribution < 1.29 is 19.1 Å². The molecule has 0 fully saturated rings. The second kappa shape index (κ2) is 11.2. The maximum atomic E-state index is 13.4. The van der Waals surface area contributed by atoms with Gasteiger partial charge in [0.25, 0.3) is 5.56 Å². The van der Waals surface area contributed by atoms with Gasteiger partial charge < -0.3 is 20.1 Å². The number of methoxy groups -OCH3 is 1. The minimum atomic E-state index is -0.782. The quantitative estimate of drug-likeness (QED) is 0.303. The fraction of sp³-hybridized carbons (Fsp3) is 0.423. The number of carbonyl (C=O) groups is 2. The van der Waals surface area contributed by atoms with Gasteiger partial charge in [-0.25, -0.2) is 14.4 Å². The van der Waals surface area contributed by atoms with E-state index in [0.29, 0.717) is 24.4 Å². The zero-order chi connectivity index (χ0) is 28.4. The number of hydrogen-bond acceptors (Lipinski definition) is 8. The van der Waals surface area contributed by atoms with Crippen LogP contribution in [-0.2, 0) is 34.9 Å². The Kier molecular flexibility index (Phi) is 7.90. The Morgan fingerprint density at radius 2 is 1.79 bits per heavy atom. The largest absolute Gasteiger partial charge is 0.463 e. The molecular weight excluding hydrogens is 506 g/mol. The molecule has 208 valence electrons. The summed E-state index contributed by atoms with van der Waals surface area (Å²) in [5, 5.41) is 6.03. The van der Waals surface area contributed by atoms with Crippen molar-refractivity contribution in [3.8, 4) is 0 Å². The Morgan fingerprint density at radius 3 is 2.44 bits per heavy atom. The summed E-state index contributed by atoms with van der Waals surface area (Å²) in [6.45, 7) is 4.42. The lowest BCUT2D eigenvalue weighted by molar-refractivity contribution is -0.139. The van der Waals surface area contributed by atoms with E-state index in [1.807, 2.05) is 31.2 Å². The number of ether oxygens (including phenoxy) is 2. The molecule has 1 aliphatic rings. The van der Waals surface area contributed by atoms with Gasteiger partial charge in [0.2, 0.25) is 5.95 Å². The van der Waals surface area contributed by atoms with Gasteiger partial charge in [-0.2, -0.15) is 4.98 Å². The molecule has 2 amide bonds. The Labute approximate surface area is 224 Å². The highest BCUT2D eigenvalue weighted by Gasteiger charge is 2.37. The van der Waals surface area contributed by atoms with Crippen LogP contribution in [0.2, 0.25) is 0 Å². The molecule has 4 rings (SSSR count). The fourth-order valence-electron chi connectivity index (χ4n) is 4.56. The van der Waals surface area contributed by atoms with Gasteiger partial charge in [0.15, 0.2) is 11.2 Å². The zero-order valence-electron chi connectivity index (χ0n) is 22.9. The van der Waals surface area contributed by atoms with E-state index in [2.05, 4.69) is 15.6 Å². The predicted molar refractivity (Wildman–Crippen MR) is 144 cm³/mol. The molecule has 39 heavy (non-hydrogen) atoms. The van der Waals surface area contributed by atoms with Crippen LogP contribution < -0.4 is 21.9 Å². The molecule has 1 aromatic carbocycles. The van der Waals surface area contributed by atoms with Gasteiger partial charge in [0.05, 0.1) is 37.1 Å². The summed E-state index contributed by atoms with van der Waals surface area (Å²) >= 11 is 0. The number of amides is 2. The van der Waals surface area contributed by atoms with Gasteiger partial charge in [-0.1, -0.05) is 29.8 Å². The van der Waals surface area contributed by atoms with E-state index in [1.165, 1.54) is 23.6 Å². The van der Waals surface area contributed by atoms with Gasteiger partial charge in [0, 0.05) is 34.8 Å². The average Bonchev–Trinajstić information content (AvgIpc) is 3.27. The normalized spacial score (nSPS) is 15.6. The molecule has 0 bridgehead atoms. The van der Waals surface area contributed by atoms with Crippen LogP contribution in [0.5, 0.6) is 0 Å². The summed E-state index contributed by atoms with van der Waals surface area (Å²) in [5.74, 6) is -0.314. The van der Waals surface area contributed by atoms with Crippen molar-refractivity contribution in [1.82, 2.24) is 28.9 Å². The average molecular weight is 540 g/mol. The van der Waals surface area contributed by atoms with Gasteiger partial charge >= 0.3 is 17.7 Å². The van der Waals surface area contributed by atoms with Crippen molar-refractivity contribution in [3.05, 3.63) is 67.5 Å². The number of urea groups is 1. The zero-order valence-corrected chi connectivity index (χ0v) is 22.9. The molecule has 0 saturated carbocycles. The van der Waals surface area contributed by atoms with Gasteiger partial charge in [-0.15, -0.1) is 0 Å². The maximum Gasteiger partial charge on any atom is 0.338 e. The van der Waals surface area contributed by atoms with Crippen LogP contribution in [0.1, 0.15) is 24.1 Å². The number of aryl methyl sites for hydroxylation is 2. The molecular formula is C26H33N7O6. The van der Waals surface area contributed by atoms with Gasteiger partial charge in [-0.3, -0.25) is 23.4 Å². The van der Waals surface area contributed by atoms with Crippen LogP contribution >= 0.6 is 0 Å². The van der Waals surface area contributed by atoms with Crippen LogP contribution in [0.15, 0.2) is 45.1 Å². The highest BCUT2D eigenvalue weighted by Crippen LogP contribution is 2.33. The van der Waals surface area contributed by atoms with Crippen molar-refractivity contribution in [2.24, 2.45) is 14.1 Å². The number of fused-ring (bicyclic) bond motifs is 1. The molecule has 0 radical (unpaired) electrons. The lowest BCUT2D eigenvalue weighted by atomic mass is 9.94. The highest BCUT2D eigenvalue weighted by molar-refractivity contribution is 5.95. The van der Waals surface area contributed by atoms with Crippen molar-refractivity contribution in [2.45, 2.75) is 26.4 Å². The Morgan fingerprint density at radius 1 is 1.10 bits per heavy atom. The number of carbonyl (C=O) groups excluding carboxylic acids is 2. The smallest absolute Gasteiger partial charge is 0.338 e. The van der Waals surface area contributed by atoms with E-state index in [0.717, 1.165) is 10.1 Å². The van der Waals surface area contributed by atoms with Crippen LogP contribution in [0, 0.1) is 6.92 Å². The molecule has 13 heteroatoms. The lowest BCUT2D eigenvalue weighted by Gasteiger charge is -2.35. The Bertz CT molecular complexity index is 1560. The standard InChI is InChI=1S/C26H33N7O6/c1-7-39-23(35)18-17(30(3)25(36)28-19(18)16-10-8-15(2)9-11-16)14-33-20-21(29-24(33)27-12-13-38-6)31(4)26(37)32(5)22(20)34/h8-11,19H,7,12-14H2,1-6H3,(H,27,29)(H,28,36)/t19-/m1/s1. The molecule has 3 aromatic rings. The number of allylic oxidation sites excluding steroid dienone is 1. The lowest BCUT2D eigenvalue weighted by Crippen LogP contribution is -2.48. The molecule has 1 atom stereocenters. The third-order valence-corrected chi connectivity index (χ3v) is 6.73. The third kappa shape index (κ3) is 5.04. The summed E-state index contributed by atoms with van der Waals surface area (Å²) in [6.07, 6.45) is 0. The number of nitrogens with zero attached hydrogens (tertiary/aromatic N) is 5. The van der Waals surface area contributed by atoms with E-state index < -0.39 is 29.3 Å². The number of anilines is 1. The number of esters is 1. The first-order chi connectivity index (χ1) is 18.6. The molecule has 0 spiro atoms. The third-order valence-electron chi connectivity index (χ3n) is 6.73. The molecule has 1 aliphatic heterocycles. The fourth-order valence-corrected chi connectivity index (χ4v) is 4.56. The Balaban J connectivity index is 1.98. The Hall–Kier alpha value is -4.39.